The number of benzene rings is 3. The van der Waals surface area contributed by atoms with Crippen molar-refractivity contribution in [2.24, 2.45) is 5.10 Å². The highest BCUT2D eigenvalue weighted by atomic mass is 16.6. The maximum absolute atomic E-state index is 12.3. The summed E-state index contributed by atoms with van der Waals surface area (Å²) in [4.78, 5) is 23.4. The van der Waals surface area contributed by atoms with Crippen LogP contribution in [0.3, 0.4) is 0 Å². The van der Waals surface area contributed by atoms with Crippen molar-refractivity contribution in [2.75, 3.05) is 7.11 Å². The van der Waals surface area contributed by atoms with Gasteiger partial charge in [-0.25, -0.2) is 5.43 Å². The molecule has 0 aliphatic heterocycles. The zero-order chi connectivity index (χ0) is 22.1. The molecule has 0 unspecified atom stereocenters. The Kier molecular flexibility index (Phi) is 7.37. The molecule has 3 rings (SSSR count). The van der Waals surface area contributed by atoms with Crippen LogP contribution in [0.2, 0.25) is 0 Å². The summed E-state index contributed by atoms with van der Waals surface area (Å²) in [5.41, 5.74) is 4.57. The monoisotopic (exact) mass is 418 g/mol. The highest BCUT2D eigenvalue weighted by Crippen LogP contribution is 2.27. The molecule has 158 valence electrons. The Bertz CT molecular complexity index is 1060. The quantitative estimate of drug-likeness (QED) is 0.259. The maximum atomic E-state index is 12.3. The van der Waals surface area contributed by atoms with Crippen molar-refractivity contribution in [3.05, 3.63) is 89.5 Å². The minimum atomic E-state index is -0.440. The molecule has 0 aliphatic rings. The lowest BCUT2D eigenvalue weighted by molar-refractivity contribution is -0.132. The van der Waals surface area contributed by atoms with Crippen LogP contribution in [0.25, 0.3) is 0 Å². The van der Waals surface area contributed by atoms with Gasteiger partial charge in [0.15, 0.2) is 11.5 Å². The molecular weight excluding hydrogens is 396 g/mol. The second kappa shape index (κ2) is 10.6. The summed E-state index contributed by atoms with van der Waals surface area (Å²) in [6.07, 6.45) is 1.47. The van der Waals surface area contributed by atoms with E-state index in [9.17, 15) is 9.59 Å². The van der Waals surface area contributed by atoms with Crippen molar-refractivity contribution in [1.82, 2.24) is 5.43 Å². The molecule has 0 saturated heterocycles. The van der Waals surface area contributed by atoms with Crippen LogP contribution in [0, 0.1) is 0 Å². The van der Waals surface area contributed by atoms with Crippen molar-refractivity contribution in [2.45, 2.75) is 13.5 Å². The number of esters is 1. The molecule has 3 aromatic rings. The lowest BCUT2D eigenvalue weighted by atomic mass is 10.1. The number of carbonyl (C=O) groups excluding carboxylic acids is 2. The van der Waals surface area contributed by atoms with Crippen LogP contribution >= 0.6 is 0 Å². The molecule has 0 heterocycles. The number of methoxy groups -OCH3 is 1. The average Bonchev–Trinajstić information content (AvgIpc) is 2.79. The topological polar surface area (TPSA) is 86.2 Å². The molecule has 0 fully saturated rings. The molecule has 3 aromatic carbocycles. The molecule has 0 bridgehead atoms. The van der Waals surface area contributed by atoms with E-state index in [4.69, 9.17) is 14.2 Å². The van der Waals surface area contributed by atoms with Gasteiger partial charge >= 0.3 is 5.97 Å². The first-order chi connectivity index (χ1) is 15.0. The zero-order valence-electron chi connectivity index (χ0n) is 17.2. The number of para-hydroxylation sites is 1. The number of ether oxygens (including phenoxy) is 3. The second-order valence-corrected chi connectivity index (χ2v) is 6.50. The molecular formula is C24H22N2O5. The number of nitrogens with zero attached hydrogens (tertiary/aromatic N) is 1. The third kappa shape index (κ3) is 6.43. The lowest BCUT2D eigenvalue weighted by Crippen LogP contribution is -2.17. The summed E-state index contributed by atoms with van der Waals surface area (Å²) in [6, 6.07) is 21.6. The summed E-state index contributed by atoms with van der Waals surface area (Å²) in [7, 11) is 1.47. The van der Waals surface area contributed by atoms with Crippen molar-refractivity contribution >= 4 is 18.1 Å². The van der Waals surface area contributed by atoms with Gasteiger partial charge in [0.25, 0.3) is 5.91 Å². The first-order valence-electron chi connectivity index (χ1n) is 9.52. The molecule has 31 heavy (non-hydrogen) atoms. The number of amides is 1. The molecule has 0 saturated carbocycles. The van der Waals surface area contributed by atoms with Gasteiger partial charge in [0.05, 0.1) is 13.3 Å². The first-order valence-corrected chi connectivity index (χ1v) is 9.52. The molecule has 7 heteroatoms. The maximum Gasteiger partial charge on any atom is 0.308 e. The molecule has 0 radical (unpaired) electrons. The van der Waals surface area contributed by atoms with Gasteiger partial charge in [0.1, 0.15) is 12.4 Å². The Morgan fingerprint density at radius 1 is 0.968 bits per heavy atom. The van der Waals surface area contributed by atoms with Crippen molar-refractivity contribution in [3.63, 3.8) is 0 Å². The largest absolute Gasteiger partial charge is 0.493 e. The number of nitrogens with one attached hydrogen (secondary N) is 1. The number of hydrogen-bond acceptors (Lipinski definition) is 6. The van der Waals surface area contributed by atoms with E-state index in [0.29, 0.717) is 29.2 Å². The van der Waals surface area contributed by atoms with Gasteiger partial charge in [0, 0.05) is 12.5 Å². The normalized spacial score (nSPS) is 10.5. The van der Waals surface area contributed by atoms with Gasteiger partial charge < -0.3 is 14.2 Å². The Labute approximate surface area is 180 Å². The summed E-state index contributed by atoms with van der Waals surface area (Å²) in [6.45, 7) is 1.72. The minimum absolute atomic E-state index is 0.313. The fourth-order valence-electron chi connectivity index (χ4n) is 2.67. The van der Waals surface area contributed by atoms with Gasteiger partial charge in [-0.2, -0.15) is 5.10 Å². The molecule has 1 amide bonds. The van der Waals surface area contributed by atoms with Crippen LogP contribution in [0.1, 0.15) is 28.4 Å². The average molecular weight is 418 g/mol. The number of hydrogen-bond donors (Lipinski definition) is 1. The molecule has 0 spiro atoms. The van der Waals surface area contributed by atoms with E-state index in [1.165, 1.54) is 20.2 Å². The van der Waals surface area contributed by atoms with Gasteiger partial charge in [0.2, 0.25) is 0 Å². The van der Waals surface area contributed by atoms with E-state index in [-0.39, 0.29) is 5.91 Å². The highest BCUT2D eigenvalue weighted by molar-refractivity contribution is 5.95. The van der Waals surface area contributed by atoms with Gasteiger partial charge in [-0.1, -0.05) is 30.3 Å². The standard InChI is InChI=1S/C24H22N2O5/c1-17(27)31-22-13-10-19(14-23(22)29-2)15-25-26-24(28)20-11-8-18(9-12-20)16-30-21-6-4-3-5-7-21/h3-15H,16H2,1-2H3,(H,26,28)/b25-15-. The predicted octanol–water partition coefficient (Wildman–Crippen LogP) is 3.96. The van der Waals surface area contributed by atoms with Crippen molar-refractivity contribution in [3.8, 4) is 17.2 Å². The van der Waals surface area contributed by atoms with Crippen LogP contribution in [0.5, 0.6) is 17.2 Å². The minimum Gasteiger partial charge on any atom is -0.493 e. The van der Waals surface area contributed by atoms with Crippen LogP contribution in [-0.4, -0.2) is 25.2 Å². The van der Waals surface area contributed by atoms with Crippen molar-refractivity contribution in [1.29, 1.82) is 0 Å². The Balaban J connectivity index is 1.55. The zero-order valence-corrected chi connectivity index (χ0v) is 17.2. The molecule has 0 aliphatic carbocycles. The summed E-state index contributed by atoms with van der Waals surface area (Å²) in [5.74, 6) is 0.711. The Hall–Kier alpha value is -4.13. The smallest absolute Gasteiger partial charge is 0.308 e. The van der Waals surface area contributed by atoms with Crippen LogP contribution in [-0.2, 0) is 11.4 Å². The van der Waals surface area contributed by atoms with Crippen LogP contribution < -0.4 is 19.6 Å². The number of carbonyl (C=O) groups is 2. The van der Waals surface area contributed by atoms with E-state index in [1.807, 2.05) is 42.5 Å². The highest BCUT2D eigenvalue weighted by Gasteiger charge is 2.08. The second-order valence-electron chi connectivity index (χ2n) is 6.50. The molecule has 7 nitrogen and oxygen atoms in total. The first kappa shape index (κ1) is 21.6. The third-order valence-corrected chi connectivity index (χ3v) is 4.19. The lowest BCUT2D eigenvalue weighted by Gasteiger charge is -2.08. The van der Waals surface area contributed by atoms with Gasteiger partial charge in [-0.3, -0.25) is 9.59 Å². The van der Waals surface area contributed by atoms with Gasteiger partial charge in [-0.15, -0.1) is 0 Å². The van der Waals surface area contributed by atoms with Gasteiger partial charge in [-0.05, 0) is 53.6 Å². The fraction of sp³-hybridized carbons (Fsp3) is 0.125. The van der Waals surface area contributed by atoms with Crippen molar-refractivity contribution < 1.29 is 23.8 Å². The van der Waals surface area contributed by atoms with Crippen LogP contribution in [0.4, 0.5) is 0 Å². The predicted molar refractivity (Wildman–Crippen MR) is 117 cm³/mol. The molecule has 0 atom stereocenters. The van der Waals surface area contributed by atoms with E-state index < -0.39 is 5.97 Å². The number of hydrazone groups is 1. The van der Waals surface area contributed by atoms with E-state index in [1.54, 1.807) is 30.3 Å². The molecule has 1 N–H and O–H groups in total. The third-order valence-electron chi connectivity index (χ3n) is 4.19. The fourth-order valence-corrected chi connectivity index (χ4v) is 2.67. The van der Waals surface area contributed by atoms with E-state index in [0.717, 1.165) is 11.3 Å². The Morgan fingerprint density at radius 2 is 1.71 bits per heavy atom. The van der Waals surface area contributed by atoms with E-state index >= 15 is 0 Å². The summed E-state index contributed by atoms with van der Waals surface area (Å²) >= 11 is 0. The SMILES string of the molecule is COc1cc(/C=N\NC(=O)c2ccc(COc3ccccc3)cc2)ccc1OC(C)=O. The summed E-state index contributed by atoms with van der Waals surface area (Å²) < 4.78 is 16.0. The summed E-state index contributed by atoms with van der Waals surface area (Å²) in [5, 5.41) is 3.97. The molecule has 0 aromatic heterocycles. The van der Waals surface area contributed by atoms with Crippen LogP contribution in [0.15, 0.2) is 77.9 Å². The Morgan fingerprint density at radius 3 is 2.39 bits per heavy atom. The number of rotatable bonds is 8. The van der Waals surface area contributed by atoms with E-state index in [2.05, 4.69) is 10.5 Å².